The highest BCUT2D eigenvalue weighted by Gasteiger charge is 2.27. The van der Waals surface area contributed by atoms with Gasteiger partial charge in [0.1, 0.15) is 11.3 Å². The molecule has 0 bridgehead atoms. The van der Waals surface area contributed by atoms with Crippen LogP contribution in [0.3, 0.4) is 0 Å². The summed E-state index contributed by atoms with van der Waals surface area (Å²) in [7, 11) is 0. The number of aromatic hydroxyl groups is 1. The van der Waals surface area contributed by atoms with Gasteiger partial charge < -0.3 is 9.52 Å². The molecule has 37 heavy (non-hydrogen) atoms. The predicted octanol–water partition coefficient (Wildman–Crippen LogP) is 8.69. The number of furan rings is 1. The normalized spacial score (nSPS) is 15.2. The number of fused-ring (bicyclic) bond motifs is 2. The maximum absolute atomic E-state index is 13.1. The van der Waals surface area contributed by atoms with Gasteiger partial charge in [0, 0.05) is 49.7 Å². The van der Waals surface area contributed by atoms with E-state index in [0.717, 1.165) is 32.8 Å². The lowest BCUT2D eigenvalue weighted by atomic mass is 9.98. The Kier molecular flexibility index (Phi) is 6.11. The number of benzene rings is 4. The summed E-state index contributed by atoms with van der Waals surface area (Å²) in [5.74, 6) is 0.141. The lowest BCUT2D eigenvalue weighted by Gasteiger charge is -2.18. The van der Waals surface area contributed by atoms with E-state index in [-0.39, 0.29) is 22.5 Å². The number of nitrogens with zero attached hydrogens (tertiary/aromatic N) is 1. The third kappa shape index (κ3) is 4.35. The molecule has 2 heterocycles. The first-order chi connectivity index (χ1) is 18.0. The molecule has 1 aliphatic heterocycles. The van der Waals surface area contributed by atoms with E-state index in [1.807, 2.05) is 73.7 Å². The first kappa shape index (κ1) is 23.6. The van der Waals surface area contributed by atoms with Crippen molar-refractivity contribution in [3.63, 3.8) is 0 Å². The molecule has 1 aromatic heterocycles. The number of phenols is 1. The SMILES string of the molecule is Cc1c(C(=O)c2ccccc2)oc2cc(O)c(C3=Nc4ccccc4SC(c4ccccc4Cl)C3)cc12. The third-order valence-electron chi connectivity index (χ3n) is 6.63. The van der Waals surface area contributed by atoms with Crippen LogP contribution in [-0.4, -0.2) is 16.6 Å². The standard InChI is InChI=1S/C31H22ClNO3S/c1-18-21-15-22(26(34)17-27(21)36-31(18)30(35)19-9-3-2-4-10-19)25-16-29(20-11-5-6-12-23(20)32)37-28-14-8-7-13-24(28)33-25/h2-15,17,29,34H,16H2,1H3. The molecule has 0 amide bonds. The van der Waals surface area contributed by atoms with Crippen molar-refractivity contribution in [3.05, 3.63) is 124 Å². The quantitative estimate of drug-likeness (QED) is 0.239. The summed E-state index contributed by atoms with van der Waals surface area (Å²) >= 11 is 8.32. The Morgan fingerprint density at radius 3 is 2.54 bits per heavy atom. The van der Waals surface area contributed by atoms with Gasteiger partial charge in [-0.2, -0.15) is 0 Å². The molecular formula is C31H22ClNO3S. The van der Waals surface area contributed by atoms with Crippen molar-refractivity contribution in [1.82, 2.24) is 0 Å². The number of ketones is 1. The van der Waals surface area contributed by atoms with E-state index < -0.39 is 0 Å². The molecule has 4 aromatic carbocycles. The number of hydrogen-bond donors (Lipinski definition) is 1. The van der Waals surface area contributed by atoms with Crippen LogP contribution in [0.1, 0.15) is 44.5 Å². The van der Waals surface area contributed by atoms with Crippen LogP contribution >= 0.6 is 23.4 Å². The number of carbonyl (C=O) groups is 1. The number of aliphatic imine (C=N–C) groups is 1. The van der Waals surface area contributed by atoms with Crippen LogP contribution in [-0.2, 0) is 0 Å². The molecule has 182 valence electrons. The van der Waals surface area contributed by atoms with Crippen LogP contribution in [0.2, 0.25) is 5.02 Å². The summed E-state index contributed by atoms with van der Waals surface area (Å²) in [5, 5.41) is 12.6. The fraction of sp³-hybridized carbons (Fsp3) is 0.0968. The highest BCUT2D eigenvalue weighted by Crippen LogP contribution is 2.48. The largest absolute Gasteiger partial charge is 0.507 e. The van der Waals surface area contributed by atoms with E-state index in [1.165, 1.54) is 0 Å². The van der Waals surface area contributed by atoms with Crippen molar-refractivity contribution >= 4 is 51.5 Å². The van der Waals surface area contributed by atoms with Gasteiger partial charge >= 0.3 is 0 Å². The summed E-state index contributed by atoms with van der Waals surface area (Å²) in [6.45, 7) is 1.87. The zero-order chi connectivity index (χ0) is 25.5. The maximum atomic E-state index is 13.1. The first-order valence-corrected chi connectivity index (χ1v) is 13.2. The van der Waals surface area contributed by atoms with Crippen molar-refractivity contribution in [2.45, 2.75) is 23.5 Å². The topological polar surface area (TPSA) is 62.8 Å². The number of rotatable bonds is 4. The molecule has 0 aliphatic carbocycles. The van der Waals surface area contributed by atoms with Crippen LogP contribution in [0, 0.1) is 6.92 Å². The minimum absolute atomic E-state index is 0.00635. The van der Waals surface area contributed by atoms with Crippen LogP contribution < -0.4 is 0 Å². The van der Waals surface area contributed by atoms with Crippen LogP contribution in [0.5, 0.6) is 5.75 Å². The van der Waals surface area contributed by atoms with E-state index in [0.29, 0.717) is 28.2 Å². The van der Waals surface area contributed by atoms with Gasteiger partial charge in [0.25, 0.3) is 0 Å². The summed E-state index contributed by atoms with van der Waals surface area (Å²) in [6.07, 6.45) is 0.564. The van der Waals surface area contributed by atoms with Crippen molar-refractivity contribution in [2.75, 3.05) is 0 Å². The van der Waals surface area contributed by atoms with Crippen molar-refractivity contribution in [1.29, 1.82) is 0 Å². The van der Waals surface area contributed by atoms with Crippen LogP contribution in [0.15, 0.2) is 105 Å². The fourth-order valence-corrected chi connectivity index (χ4v) is 6.32. The average molecular weight is 524 g/mol. The predicted molar refractivity (Wildman–Crippen MR) is 150 cm³/mol. The van der Waals surface area contributed by atoms with Crippen molar-refractivity contribution < 1.29 is 14.3 Å². The number of halogens is 1. The molecule has 0 fully saturated rings. The monoisotopic (exact) mass is 523 g/mol. The Morgan fingerprint density at radius 2 is 1.73 bits per heavy atom. The van der Waals surface area contributed by atoms with Crippen LogP contribution in [0.4, 0.5) is 5.69 Å². The summed E-state index contributed by atoms with van der Waals surface area (Å²) in [6, 6.07) is 28.3. The number of para-hydroxylation sites is 1. The van der Waals surface area contributed by atoms with Gasteiger partial charge in [-0.3, -0.25) is 9.79 Å². The molecule has 1 N–H and O–H groups in total. The zero-order valence-corrected chi connectivity index (χ0v) is 21.5. The molecule has 1 unspecified atom stereocenters. The number of aryl methyl sites for hydroxylation is 1. The second-order valence-corrected chi connectivity index (χ2v) is 10.6. The molecule has 0 saturated heterocycles. The lowest BCUT2D eigenvalue weighted by Crippen LogP contribution is -2.06. The molecule has 1 atom stereocenters. The van der Waals surface area contributed by atoms with E-state index in [4.69, 9.17) is 21.0 Å². The summed E-state index contributed by atoms with van der Waals surface area (Å²) < 4.78 is 5.95. The second kappa shape index (κ2) is 9.58. The molecule has 5 aromatic rings. The average Bonchev–Trinajstić information content (AvgIpc) is 3.10. The molecule has 6 rings (SSSR count). The van der Waals surface area contributed by atoms with Gasteiger partial charge in [0.15, 0.2) is 5.76 Å². The molecular weight excluding hydrogens is 502 g/mol. The maximum Gasteiger partial charge on any atom is 0.228 e. The van der Waals surface area contributed by atoms with E-state index in [1.54, 1.807) is 30.0 Å². The highest BCUT2D eigenvalue weighted by atomic mass is 35.5. The fourth-order valence-electron chi connectivity index (χ4n) is 4.71. The molecule has 0 spiro atoms. The number of carbonyl (C=O) groups excluding carboxylic acids is 1. The number of phenolic OH excluding ortho intramolecular Hbond substituents is 1. The zero-order valence-electron chi connectivity index (χ0n) is 19.9. The first-order valence-electron chi connectivity index (χ1n) is 11.9. The van der Waals surface area contributed by atoms with E-state index in [9.17, 15) is 9.90 Å². The summed E-state index contributed by atoms with van der Waals surface area (Å²) in [5.41, 5.74) is 4.98. The Labute approximate surface area is 223 Å². The van der Waals surface area contributed by atoms with Gasteiger partial charge in [-0.15, -0.1) is 11.8 Å². The Bertz CT molecular complexity index is 1690. The molecule has 0 radical (unpaired) electrons. The van der Waals surface area contributed by atoms with Crippen molar-refractivity contribution in [2.24, 2.45) is 4.99 Å². The van der Waals surface area contributed by atoms with Crippen molar-refractivity contribution in [3.8, 4) is 5.75 Å². The second-order valence-electron chi connectivity index (χ2n) is 8.98. The third-order valence-corrected chi connectivity index (χ3v) is 8.28. The van der Waals surface area contributed by atoms with Gasteiger partial charge in [-0.05, 0) is 36.8 Å². The summed E-state index contributed by atoms with van der Waals surface area (Å²) in [4.78, 5) is 19.2. The molecule has 0 saturated carbocycles. The van der Waals surface area contributed by atoms with Gasteiger partial charge in [-0.25, -0.2) is 0 Å². The van der Waals surface area contributed by atoms with Gasteiger partial charge in [0.05, 0.1) is 11.4 Å². The van der Waals surface area contributed by atoms with E-state index >= 15 is 0 Å². The smallest absolute Gasteiger partial charge is 0.228 e. The minimum atomic E-state index is -0.189. The number of thioether (sulfide) groups is 1. The van der Waals surface area contributed by atoms with E-state index in [2.05, 4.69) is 6.07 Å². The molecule has 6 heteroatoms. The Balaban J connectivity index is 1.48. The molecule has 4 nitrogen and oxygen atoms in total. The minimum Gasteiger partial charge on any atom is -0.507 e. The van der Waals surface area contributed by atoms with Crippen LogP contribution in [0.25, 0.3) is 11.0 Å². The van der Waals surface area contributed by atoms with Gasteiger partial charge in [-0.1, -0.05) is 72.3 Å². The Morgan fingerprint density at radius 1 is 1.00 bits per heavy atom. The molecule has 1 aliphatic rings. The Hall–Kier alpha value is -3.80. The number of hydrogen-bond acceptors (Lipinski definition) is 5. The highest BCUT2D eigenvalue weighted by molar-refractivity contribution is 7.99. The van der Waals surface area contributed by atoms with Gasteiger partial charge in [0.2, 0.25) is 5.78 Å². The lowest BCUT2D eigenvalue weighted by molar-refractivity contribution is 0.101.